The van der Waals surface area contributed by atoms with Gasteiger partial charge in [-0.15, -0.1) is 12.4 Å². The number of hydrogen-bond donors (Lipinski definition) is 1. The zero-order chi connectivity index (χ0) is 11.6. The number of rotatable bonds is 2. The quantitative estimate of drug-likeness (QED) is 0.854. The minimum atomic E-state index is -3.38. The molecular formula is C10H16ClN3O2S. The van der Waals surface area contributed by atoms with Crippen molar-refractivity contribution >= 4 is 22.4 Å². The molecule has 1 aromatic heterocycles. The summed E-state index contributed by atoms with van der Waals surface area (Å²) in [7, 11) is -3.38. The first-order chi connectivity index (χ1) is 7.62. The molecule has 1 N–H and O–H groups in total. The lowest BCUT2D eigenvalue weighted by Crippen LogP contribution is -2.52. The van der Waals surface area contributed by atoms with Gasteiger partial charge in [0.05, 0.1) is 0 Å². The zero-order valence-electron chi connectivity index (χ0n) is 9.54. The van der Waals surface area contributed by atoms with Gasteiger partial charge in [-0.3, -0.25) is 4.98 Å². The van der Waals surface area contributed by atoms with Gasteiger partial charge in [0, 0.05) is 38.1 Å². The highest BCUT2D eigenvalue weighted by Crippen LogP contribution is 2.17. The van der Waals surface area contributed by atoms with Gasteiger partial charge in [0.1, 0.15) is 4.90 Å². The van der Waals surface area contributed by atoms with E-state index in [0.29, 0.717) is 19.6 Å². The largest absolute Gasteiger partial charge is 0.314 e. The van der Waals surface area contributed by atoms with Crippen molar-refractivity contribution in [3.63, 3.8) is 0 Å². The van der Waals surface area contributed by atoms with Gasteiger partial charge in [-0.25, -0.2) is 8.42 Å². The lowest BCUT2D eigenvalue weighted by molar-refractivity contribution is 0.284. The lowest BCUT2D eigenvalue weighted by Gasteiger charge is -2.32. The molecule has 0 amide bonds. The maximum Gasteiger partial charge on any atom is 0.244 e. The van der Waals surface area contributed by atoms with Crippen LogP contribution in [0.25, 0.3) is 0 Å². The summed E-state index contributed by atoms with van der Waals surface area (Å²) in [6, 6.07) is 3.20. The van der Waals surface area contributed by atoms with Crippen molar-refractivity contribution in [1.82, 2.24) is 14.6 Å². The van der Waals surface area contributed by atoms with Crippen molar-refractivity contribution < 1.29 is 8.42 Å². The number of nitrogens with zero attached hydrogens (tertiary/aromatic N) is 2. The summed E-state index contributed by atoms with van der Waals surface area (Å²) in [6.07, 6.45) is 2.96. The predicted octanol–water partition coefficient (Wildman–Crippen LogP) is 0.486. The molecule has 1 fully saturated rings. The minimum absolute atomic E-state index is 0. The number of hydrogen-bond acceptors (Lipinski definition) is 4. The van der Waals surface area contributed by atoms with E-state index in [4.69, 9.17) is 0 Å². The number of nitrogens with one attached hydrogen (secondary N) is 1. The summed E-state index contributed by atoms with van der Waals surface area (Å²) in [6.45, 7) is 3.81. The Morgan fingerprint density at radius 1 is 1.53 bits per heavy atom. The Morgan fingerprint density at radius 3 is 2.88 bits per heavy atom. The molecule has 96 valence electrons. The molecule has 1 atom stereocenters. The summed E-state index contributed by atoms with van der Waals surface area (Å²) >= 11 is 0. The smallest absolute Gasteiger partial charge is 0.244 e. The topological polar surface area (TPSA) is 62.3 Å². The Morgan fingerprint density at radius 2 is 2.29 bits per heavy atom. The van der Waals surface area contributed by atoms with Crippen LogP contribution in [0.2, 0.25) is 0 Å². The highest BCUT2D eigenvalue weighted by Gasteiger charge is 2.30. The number of pyridine rings is 1. The Bertz CT molecular complexity index is 452. The van der Waals surface area contributed by atoms with E-state index in [1.807, 2.05) is 6.92 Å². The van der Waals surface area contributed by atoms with Crippen molar-refractivity contribution in [2.45, 2.75) is 17.9 Å². The molecule has 5 nitrogen and oxygen atoms in total. The van der Waals surface area contributed by atoms with Crippen molar-refractivity contribution in [1.29, 1.82) is 0 Å². The summed E-state index contributed by atoms with van der Waals surface area (Å²) in [5.41, 5.74) is 0. The van der Waals surface area contributed by atoms with Crippen LogP contribution in [0.1, 0.15) is 6.92 Å². The van der Waals surface area contributed by atoms with Crippen LogP contribution in [-0.2, 0) is 10.0 Å². The average molecular weight is 278 g/mol. The predicted molar refractivity (Wildman–Crippen MR) is 67.7 cm³/mol. The Balaban J connectivity index is 0.00000144. The number of aromatic nitrogens is 1. The molecule has 1 saturated heterocycles. The Labute approximate surface area is 108 Å². The van der Waals surface area contributed by atoms with Gasteiger partial charge >= 0.3 is 0 Å². The second kappa shape index (κ2) is 5.77. The molecular weight excluding hydrogens is 262 g/mol. The van der Waals surface area contributed by atoms with Crippen LogP contribution in [0.15, 0.2) is 29.4 Å². The van der Waals surface area contributed by atoms with Crippen LogP contribution in [0.3, 0.4) is 0 Å². The Kier molecular flexibility index (Phi) is 4.88. The monoisotopic (exact) mass is 277 g/mol. The fraction of sp³-hybridized carbons (Fsp3) is 0.500. The van der Waals surface area contributed by atoms with E-state index in [-0.39, 0.29) is 23.3 Å². The van der Waals surface area contributed by atoms with Gasteiger partial charge in [-0.2, -0.15) is 4.31 Å². The summed E-state index contributed by atoms with van der Waals surface area (Å²) in [5, 5.41) is 3.17. The van der Waals surface area contributed by atoms with Crippen molar-refractivity contribution in [3.05, 3.63) is 24.5 Å². The van der Waals surface area contributed by atoms with Gasteiger partial charge in [0.25, 0.3) is 0 Å². The van der Waals surface area contributed by atoms with Gasteiger partial charge in [0.15, 0.2) is 0 Å². The third-order valence-electron chi connectivity index (χ3n) is 2.68. The van der Waals surface area contributed by atoms with Crippen LogP contribution in [0.5, 0.6) is 0 Å². The highest BCUT2D eigenvalue weighted by molar-refractivity contribution is 7.89. The molecule has 2 heterocycles. The van der Waals surface area contributed by atoms with Gasteiger partial charge in [0.2, 0.25) is 10.0 Å². The van der Waals surface area contributed by atoms with Crippen LogP contribution in [0.4, 0.5) is 0 Å². The fourth-order valence-corrected chi connectivity index (χ4v) is 3.41. The summed E-state index contributed by atoms with van der Waals surface area (Å²) in [4.78, 5) is 4.12. The van der Waals surface area contributed by atoms with E-state index in [1.165, 1.54) is 10.5 Å². The second-order valence-electron chi connectivity index (χ2n) is 3.86. The molecule has 1 unspecified atom stereocenters. The number of piperazine rings is 1. The van der Waals surface area contributed by atoms with Crippen molar-refractivity contribution in [3.8, 4) is 0 Å². The molecule has 0 radical (unpaired) electrons. The first-order valence-corrected chi connectivity index (χ1v) is 6.69. The molecule has 0 bridgehead atoms. The van der Waals surface area contributed by atoms with E-state index in [9.17, 15) is 8.42 Å². The standard InChI is InChI=1S/C10H15N3O2S.ClH/c1-9-7-12-5-6-13(9)16(14,15)10-3-2-4-11-8-10;/h2-4,8-9,12H,5-7H2,1H3;1H. The zero-order valence-corrected chi connectivity index (χ0v) is 11.2. The third-order valence-corrected chi connectivity index (χ3v) is 4.68. The molecule has 0 aromatic carbocycles. The normalized spacial score (nSPS) is 21.8. The maximum absolute atomic E-state index is 12.3. The van der Waals surface area contributed by atoms with Gasteiger partial charge in [-0.1, -0.05) is 0 Å². The SMILES string of the molecule is CC1CNCCN1S(=O)(=O)c1cccnc1.Cl. The van der Waals surface area contributed by atoms with Crippen LogP contribution in [-0.4, -0.2) is 43.4 Å². The highest BCUT2D eigenvalue weighted by atomic mass is 35.5. The van der Waals surface area contributed by atoms with Crippen molar-refractivity contribution in [2.75, 3.05) is 19.6 Å². The van der Waals surface area contributed by atoms with E-state index in [1.54, 1.807) is 18.3 Å². The summed E-state index contributed by atoms with van der Waals surface area (Å²) < 4.78 is 26.0. The van der Waals surface area contributed by atoms with E-state index >= 15 is 0 Å². The van der Waals surface area contributed by atoms with Gasteiger partial charge < -0.3 is 5.32 Å². The van der Waals surface area contributed by atoms with Crippen LogP contribution < -0.4 is 5.32 Å². The molecule has 0 saturated carbocycles. The van der Waals surface area contributed by atoms with E-state index < -0.39 is 10.0 Å². The third kappa shape index (κ3) is 2.95. The molecule has 1 aromatic rings. The lowest BCUT2D eigenvalue weighted by atomic mass is 10.3. The molecule has 1 aliphatic rings. The average Bonchev–Trinajstić information content (AvgIpc) is 2.30. The van der Waals surface area contributed by atoms with Gasteiger partial charge in [-0.05, 0) is 19.1 Å². The minimum Gasteiger partial charge on any atom is -0.314 e. The number of sulfonamides is 1. The van der Waals surface area contributed by atoms with Crippen LogP contribution in [0, 0.1) is 0 Å². The first-order valence-electron chi connectivity index (χ1n) is 5.25. The van der Waals surface area contributed by atoms with Crippen LogP contribution >= 0.6 is 12.4 Å². The number of halogens is 1. The van der Waals surface area contributed by atoms with E-state index in [0.717, 1.165) is 0 Å². The molecule has 17 heavy (non-hydrogen) atoms. The van der Waals surface area contributed by atoms with E-state index in [2.05, 4.69) is 10.3 Å². The second-order valence-corrected chi connectivity index (χ2v) is 5.75. The Hall–Kier alpha value is -0.690. The summed E-state index contributed by atoms with van der Waals surface area (Å²) in [5.74, 6) is 0. The molecule has 1 aliphatic heterocycles. The molecule has 0 spiro atoms. The van der Waals surface area contributed by atoms with Crippen molar-refractivity contribution in [2.24, 2.45) is 0 Å². The molecule has 7 heteroatoms. The first kappa shape index (κ1) is 14.4. The fourth-order valence-electron chi connectivity index (χ4n) is 1.81. The maximum atomic E-state index is 12.3. The molecule has 0 aliphatic carbocycles. The molecule has 2 rings (SSSR count).